The maximum atomic E-state index is 16.4. The fourth-order valence-corrected chi connectivity index (χ4v) is 13.0. The third-order valence-corrected chi connectivity index (χ3v) is 15.1. The van der Waals surface area contributed by atoms with Crippen LogP contribution in [0.1, 0.15) is 0 Å². The minimum absolute atomic E-state index is 0.856. The van der Waals surface area contributed by atoms with Crippen molar-refractivity contribution < 1.29 is 4.57 Å². The molecule has 10 aromatic rings. The summed E-state index contributed by atoms with van der Waals surface area (Å²) >= 11 is 0. The largest absolute Gasteiger partial charge is 0.309 e. The minimum atomic E-state index is -3.33. The summed E-state index contributed by atoms with van der Waals surface area (Å²) in [6.07, 6.45) is 0. The molecule has 1 aliphatic carbocycles. The Morgan fingerprint density at radius 1 is 0.418 bits per heavy atom. The molecule has 0 saturated heterocycles. The average molecular weight is 718 g/mol. The Hall–Kier alpha value is -6.73. The molecule has 1 unspecified atom stereocenters. The molecule has 0 amide bonds. The minimum Gasteiger partial charge on any atom is -0.309 e. The Bertz CT molecular complexity index is 3270. The van der Waals surface area contributed by atoms with Gasteiger partial charge in [0.15, 0.2) is 7.14 Å². The van der Waals surface area contributed by atoms with Gasteiger partial charge in [-0.25, -0.2) is 0 Å². The molecule has 3 heteroatoms. The van der Waals surface area contributed by atoms with E-state index in [0.717, 1.165) is 65.7 Å². The number of rotatable bonds is 4. The van der Waals surface area contributed by atoms with E-state index in [9.17, 15) is 0 Å². The first-order valence-corrected chi connectivity index (χ1v) is 20.6. The van der Waals surface area contributed by atoms with Crippen molar-refractivity contribution in [2.24, 2.45) is 0 Å². The lowest BCUT2D eigenvalue weighted by atomic mass is 9.86. The molecule has 0 saturated carbocycles. The van der Waals surface area contributed by atoms with Crippen LogP contribution in [0.5, 0.6) is 0 Å². The van der Waals surface area contributed by atoms with Gasteiger partial charge in [0.05, 0.1) is 22.0 Å². The van der Waals surface area contributed by atoms with Crippen molar-refractivity contribution in [1.82, 2.24) is 4.57 Å². The first kappa shape index (κ1) is 30.7. The zero-order valence-electron chi connectivity index (χ0n) is 29.8. The highest BCUT2D eigenvalue weighted by Gasteiger charge is 2.43. The molecule has 0 radical (unpaired) electrons. The normalized spacial score (nSPS) is 15.1. The van der Waals surface area contributed by atoms with E-state index in [1.807, 2.05) is 24.3 Å². The number of fused-ring (bicyclic) bond motifs is 10. The Labute approximate surface area is 319 Å². The predicted molar refractivity (Wildman–Crippen MR) is 232 cm³/mol. The highest BCUT2D eigenvalue weighted by molar-refractivity contribution is 7.86. The Balaban J connectivity index is 1.33. The van der Waals surface area contributed by atoms with Gasteiger partial charge < -0.3 is 9.13 Å². The smallest absolute Gasteiger partial charge is 0.174 e. The lowest BCUT2D eigenvalue weighted by molar-refractivity contribution is 0.593. The molecule has 9 aromatic carbocycles. The zero-order chi connectivity index (χ0) is 36.3. The zero-order valence-corrected chi connectivity index (χ0v) is 30.7. The predicted octanol–water partition coefficient (Wildman–Crippen LogP) is 12.5. The van der Waals surface area contributed by atoms with Gasteiger partial charge in [0.25, 0.3) is 0 Å². The van der Waals surface area contributed by atoms with Crippen LogP contribution < -0.4 is 15.9 Å². The molecule has 0 fully saturated rings. The Morgan fingerprint density at radius 2 is 1.04 bits per heavy atom. The first-order chi connectivity index (χ1) is 27.2. The van der Waals surface area contributed by atoms with Gasteiger partial charge in [-0.05, 0) is 67.4 Å². The number of para-hydroxylation sites is 1. The van der Waals surface area contributed by atoms with E-state index < -0.39 is 7.14 Å². The molecular weight excluding hydrogens is 686 g/mol. The van der Waals surface area contributed by atoms with Crippen LogP contribution in [0.3, 0.4) is 0 Å². The van der Waals surface area contributed by atoms with Crippen molar-refractivity contribution in [1.29, 1.82) is 0 Å². The first-order valence-electron chi connectivity index (χ1n) is 18.9. The molecule has 1 aliphatic heterocycles. The number of benzene rings is 9. The molecule has 256 valence electrons. The maximum absolute atomic E-state index is 16.4. The van der Waals surface area contributed by atoms with Crippen molar-refractivity contribution in [3.8, 4) is 61.3 Å². The van der Waals surface area contributed by atoms with E-state index >= 15 is 4.57 Å². The van der Waals surface area contributed by atoms with Crippen molar-refractivity contribution in [2.75, 3.05) is 0 Å². The summed E-state index contributed by atoms with van der Waals surface area (Å²) in [5.41, 5.74) is 14.9. The second kappa shape index (κ2) is 11.4. The standard InChI is InChI=1S/C52H32NOP/c54-55(36-22-8-3-9-23-36)46-29-13-11-25-38(46)40-31-30-39-37-24-10-12-28-44(37)53(51(39)52(40)55)45-32-43(33-16-4-1-5-17-33)49-41-26-14-20-34-21-15-27-42(47(34)41)50(49)48(45)35-18-6-2-7-19-35/h1-32H. The Morgan fingerprint density at radius 3 is 1.80 bits per heavy atom. The molecule has 2 nitrogen and oxygen atoms in total. The number of hydrogen-bond donors (Lipinski definition) is 0. The molecule has 2 aliphatic rings. The van der Waals surface area contributed by atoms with Crippen LogP contribution in [-0.4, -0.2) is 4.57 Å². The van der Waals surface area contributed by atoms with Crippen LogP contribution in [-0.2, 0) is 4.57 Å². The highest BCUT2D eigenvalue weighted by Crippen LogP contribution is 2.58. The second-order valence-electron chi connectivity index (χ2n) is 14.7. The SMILES string of the molecule is O=P1(c2ccccc2)c2ccccc2-c2ccc3c4ccccc4n(-c4cc(-c5ccccc5)c5c(c4-c4ccccc4)-c4cccc6cccc-5c46)c3c21. The van der Waals surface area contributed by atoms with Crippen LogP contribution >= 0.6 is 7.14 Å². The third-order valence-electron chi connectivity index (χ3n) is 11.9. The van der Waals surface area contributed by atoms with Crippen molar-refractivity contribution >= 4 is 55.6 Å². The highest BCUT2D eigenvalue weighted by atomic mass is 31.2. The molecular formula is C52H32NOP. The molecule has 0 N–H and O–H groups in total. The molecule has 0 spiro atoms. The van der Waals surface area contributed by atoms with Gasteiger partial charge in [-0.15, -0.1) is 0 Å². The van der Waals surface area contributed by atoms with Crippen LogP contribution in [0.4, 0.5) is 0 Å². The van der Waals surface area contributed by atoms with Gasteiger partial charge in [0.1, 0.15) is 0 Å². The molecule has 2 heterocycles. The summed E-state index contributed by atoms with van der Waals surface area (Å²) in [6.45, 7) is 0. The van der Waals surface area contributed by atoms with Crippen LogP contribution in [0, 0.1) is 0 Å². The molecule has 1 aromatic heterocycles. The quantitative estimate of drug-likeness (QED) is 0.166. The van der Waals surface area contributed by atoms with Gasteiger partial charge in [-0.1, -0.05) is 182 Å². The van der Waals surface area contributed by atoms with Gasteiger partial charge in [-0.3, -0.25) is 0 Å². The summed E-state index contributed by atoms with van der Waals surface area (Å²) in [4.78, 5) is 0. The third kappa shape index (κ3) is 4.07. The number of aromatic nitrogens is 1. The average Bonchev–Trinajstić information content (AvgIpc) is 3.87. The maximum Gasteiger partial charge on any atom is 0.174 e. The monoisotopic (exact) mass is 717 g/mol. The van der Waals surface area contributed by atoms with Gasteiger partial charge >= 0.3 is 0 Å². The van der Waals surface area contributed by atoms with Crippen molar-refractivity contribution in [3.63, 3.8) is 0 Å². The molecule has 0 bridgehead atoms. The van der Waals surface area contributed by atoms with Crippen LogP contribution in [0.25, 0.3) is 93.9 Å². The van der Waals surface area contributed by atoms with Crippen LogP contribution in [0.15, 0.2) is 194 Å². The molecule has 55 heavy (non-hydrogen) atoms. The number of nitrogens with zero attached hydrogens (tertiary/aromatic N) is 1. The van der Waals surface area contributed by atoms with Crippen molar-refractivity contribution in [3.05, 3.63) is 194 Å². The van der Waals surface area contributed by atoms with E-state index in [2.05, 4.69) is 174 Å². The van der Waals surface area contributed by atoms with Crippen LogP contribution in [0.2, 0.25) is 0 Å². The van der Waals surface area contributed by atoms with E-state index in [1.54, 1.807) is 0 Å². The van der Waals surface area contributed by atoms with E-state index in [4.69, 9.17) is 0 Å². The molecule has 1 atom stereocenters. The summed E-state index contributed by atoms with van der Waals surface area (Å²) < 4.78 is 18.9. The lowest BCUT2D eigenvalue weighted by Crippen LogP contribution is -2.22. The fraction of sp³-hybridized carbons (Fsp3) is 0. The summed E-state index contributed by atoms with van der Waals surface area (Å²) in [6, 6.07) is 69.2. The molecule has 12 rings (SSSR count). The summed E-state index contributed by atoms with van der Waals surface area (Å²) in [7, 11) is -3.33. The van der Waals surface area contributed by atoms with E-state index in [1.165, 1.54) is 44.2 Å². The second-order valence-corrected chi connectivity index (χ2v) is 17.3. The topological polar surface area (TPSA) is 22.0 Å². The van der Waals surface area contributed by atoms with E-state index in [0.29, 0.717) is 0 Å². The lowest BCUT2D eigenvalue weighted by Gasteiger charge is -2.24. The van der Waals surface area contributed by atoms with Gasteiger partial charge in [0, 0.05) is 32.5 Å². The summed E-state index contributed by atoms with van der Waals surface area (Å²) in [5, 5.41) is 7.45. The van der Waals surface area contributed by atoms with Gasteiger partial charge in [-0.2, -0.15) is 0 Å². The Kier molecular flexibility index (Phi) is 6.36. The van der Waals surface area contributed by atoms with E-state index in [-0.39, 0.29) is 0 Å². The number of hydrogen-bond acceptors (Lipinski definition) is 1. The fourth-order valence-electron chi connectivity index (χ4n) is 9.72. The van der Waals surface area contributed by atoms with Crippen molar-refractivity contribution in [2.45, 2.75) is 0 Å². The summed E-state index contributed by atoms with van der Waals surface area (Å²) in [5.74, 6) is 0. The van der Waals surface area contributed by atoms with Gasteiger partial charge in [0.2, 0.25) is 0 Å².